The number of aromatic nitrogens is 1. The van der Waals surface area contributed by atoms with Crippen molar-refractivity contribution in [2.75, 3.05) is 12.4 Å². The van der Waals surface area contributed by atoms with E-state index in [0.29, 0.717) is 37.5 Å². The highest BCUT2D eigenvalue weighted by Crippen LogP contribution is 2.45. The monoisotopic (exact) mass is 442 g/mol. The van der Waals surface area contributed by atoms with Gasteiger partial charge in [-0.3, -0.25) is 0 Å². The Labute approximate surface area is 178 Å². The Balaban J connectivity index is 1.97. The molecule has 0 unspecified atom stereocenters. The maximum atomic E-state index is 14.6. The van der Waals surface area contributed by atoms with Gasteiger partial charge in [-0.25, -0.2) is 4.98 Å². The molecule has 0 saturated carbocycles. The van der Waals surface area contributed by atoms with Crippen LogP contribution in [-0.4, -0.2) is 12.0 Å². The predicted molar refractivity (Wildman–Crippen MR) is 121 cm³/mol. The molecule has 3 aromatic carbocycles. The molecule has 4 rings (SSSR count). The number of oxazole rings is 1. The fraction of sp³-hybridized carbons (Fsp3) is 0.0455. The summed E-state index contributed by atoms with van der Waals surface area (Å²) in [5.41, 5.74) is 0.921. The zero-order valence-corrected chi connectivity index (χ0v) is 17.9. The predicted octanol–water partition coefficient (Wildman–Crippen LogP) is 5.33. The molecule has 1 N–H and O–H groups in total. The van der Waals surface area contributed by atoms with Gasteiger partial charge in [-0.15, -0.1) is 0 Å². The minimum absolute atomic E-state index is 0.276. The lowest BCUT2D eigenvalue weighted by Crippen LogP contribution is -2.27. The lowest BCUT2D eigenvalue weighted by Gasteiger charge is -2.17. The van der Waals surface area contributed by atoms with Gasteiger partial charge in [0.2, 0.25) is 11.8 Å². The van der Waals surface area contributed by atoms with Gasteiger partial charge in [0.1, 0.15) is 0 Å². The third-order valence-electron chi connectivity index (χ3n) is 4.54. The van der Waals surface area contributed by atoms with Crippen molar-refractivity contribution in [1.29, 1.82) is 0 Å². The molecule has 0 aliphatic rings. The van der Waals surface area contributed by atoms with Crippen LogP contribution in [0.2, 0.25) is 10.0 Å². The summed E-state index contributed by atoms with van der Waals surface area (Å²) in [6.45, 7) is 0. The van der Waals surface area contributed by atoms with Crippen LogP contribution < -0.4 is 21.4 Å². The van der Waals surface area contributed by atoms with E-state index in [1.165, 1.54) is 0 Å². The Morgan fingerprint density at radius 2 is 1.48 bits per heavy atom. The Morgan fingerprint density at radius 3 is 2.00 bits per heavy atom. The standard InChI is InChI=1S/C22H17Cl2N2O2P/c1-25-21-22(26-20(28-21)18-13-12-15(23)14-19(18)24)29(27,16-8-4-2-5-9-16)17-10-6-3-7-11-17/h2-14,25H,1H3. The third kappa shape index (κ3) is 3.60. The van der Waals surface area contributed by atoms with Crippen LogP contribution in [0.25, 0.3) is 11.5 Å². The number of rotatable bonds is 5. The van der Waals surface area contributed by atoms with Crippen LogP contribution in [0.4, 0.5) is 5.88 Å². The molecular weight excluding hydrogens is 426 g/mol. The highest BCUT2D eigenvalue weighted by Gasteiger charge is 2.36. The maximum absolute atomic E-state index is 14.6. The van der Waals surface area contributed by atoms with Crippen LogP contribution in [0.15, 0.2) is 83.3 Å². The van der Waals surface area contributed by atoms with Gasteiger partial charge >= 0.3 is 0 Å². The zero-order chi connectivity index (χ0) is 20.4. The topological polar surface area (TPSA) is 55.1 Å². The molecule has 0 aliphatic heterocycles. The molecule has 4 aromatic rings. The summed E-state index contributed by atoms with van der Waals surface area (Å²) in [5, 5.41) is 5.25. The average Bonchev–Trinajstić information content (AvgIpc) is 3.19. The Morgan fingerprint density at radius 1 is 0.897 bits per heavy atom. The second kappa shape index (κ2) is 8.08. The van der Waals surface area contributed by atoms with E-state index in [9.17, 15) is 4.57 Å². The smallest absolute Gasteiger partial charge is 0.231 e. The summed E-state index contributed by atoms with van der Waals surface area (Å²) in [5.74, 6) is 0.611. The van der Waals surface area contributed by atoms with Crippen molar-refractivity contribution in [3.05, 3.63) is 88.9 Å². The van der Waals surface area contributed by atoms with Gasteiger partial charge in [-0.1, -0.05) is 83.9 Å². The zero-order valence-electron chi connectivity index (χ0n) is 15.5. The SMILES string of the molecule is CNc1oc(-c2ccc(Cl)cc2Cl)nc1P(=O)(c1ccccc1)c1ccccc1. The van der Waals surface area contributed by atoms with Crippen LogP contribution in [0.3, 0.4) is 0 Å². The lowest BCUT2D eigenvalue weighted by molar-refractivity contribution is 0.587. The average molecular weight is 443 g/mol. The number of benzene rings is 3. The highest BCUT2D eigenvalue weighted by molar-refractivity contribution is 7.85. The second-order valence-corrected chi connectivity index (χ2v) is 9.84. The van der Waals surface area contributed by atoms with E-state index in [4.69, 9.17) is 27.6 Å². The van der Waals surface area contributed by atoms with Crippen molar-refractivity contribution in [3.63, 3.8) is 0 Å². The van der Waals surface area contributed by atoms with Crippen LogP contribution >= 0.6 is 30.3 Å². The molecule has 1 aromatic heterocycles. The molecule has 0 spiro atoms. The number of halogens is 2. The Kier molecular flexibility index (Phi) is 5.51. The van der Waals surface area contributed by atoms with E-state index in [1.807, 2.05) is 60.7 Å². The molecule has 0 atom stereocenters. The van der Waals surface area contributed by atoms with E-state index in [-0.39, 0.29) is 5.89 Å². The number of hydrogen-bond acceptors (Lipinski definition) is 4. The third-order valence-corrected chi connectivity index (χ3v) is 8.03. The molecule has 7 heteroatoms. The summed E-state index contributed by atoms with van der Waals surface area (Å²) in [4.78, 5) is 4.65. The molecule has 0 fully saturated rings. The minimum Gasteiger partial charge on any atom is -0.420 e. The van der Waals surface area contributed by atoms with E-state index < -0.39 is 7.14 Å². The van der Waals surface area contributed by atoms with Crippen LogP contribution in [0.5, 0.6) is 0 Å². The van der Waals surface area contributed by atoms with Crippen molar-refractivity contribution in [3.8, 4) is 11.5 Å². The van der Waals surface area contributed by atoms with Gasteiger partial charge in [-0.05, 0) is 18.2 Å². The summed E-state index contributed by atoms with van der Waals surface area (Å²) in [6.07, 6.45) is 0. The van der Waals surface area contributed by atoms with Gasteiger partial charge in [0, 0.05) is 22.7 Å². The van der Waals surface area contributed by atoms with Crippen molar-refractivity contribution in [2.24, 2.45) is 0 Å². The summed E-state index contributed by atoms with van der Waals surface area (Å²) in [7, 11) is -1.59. The molecule has 0 radical (unpaired) electrons. The van der Waals surface area contributed by atoms with E-state index >= 15 is 0 Å². The summed E-state index contributed by atoms with van der Waals surface area (Å²) < 4.78 is 20.5. The Hall–Kier alpha value is -2.52. The first-order chi connectivity index (χ1) is 14.0. The highest BCUT2D eigenvalue weighted by atomic mass is 35.5. The molecule has 0 aliphatic carbocycles. The molecule has 0 saturated heterocycles. The molecule has 0 amide bonds. The Bertz CT molecular complexity index is 1150. The summed E-state index contributed by atoms with van der Waals surface area (Å²) in [6, 6.07) is 23.7. The number of nitrogens with zero attached hydrogens (tertiary/aromatic N) is 1. The van der Waals surface area contributed by atoms with Gasteiger partial charge in [-0.2, -0.15) is 0 Å². The molecule has 4 nitrogen and oxygen atoms in total. The van der Waals surface area contributed by atoms with Crippen LogP contribution in [0.1, 0.15) is 0 Å². The first-order valence-corrected chi connectivity index (χ1v) is 11.4. The van der Waals surface area contributed by atoms with Gasteiger partial charge in [0.25, 0.3) is 0 Å². The molecule has 146 valence electrons. The molecule has 1 heterocycles. The quantitative estimate of drug-likeness (QED) is 0.424. The largest absolute Gasteiger partial charge is 0.420 e. The first-order valence-electron chi connectivity index (χ1n) is 8.90. The minimum atomic E-state index is -3.29. The number of anilines is 1. The maximum Gasteiger partial charge on any atom is 0.231 e. The van der Waals surface area contributed by atoms with Crippen molar-refractivity contribution >= 4 is 52.3 Å². The molecule has 29 heavy (non-hydrogen) atoms. The van der Waals surface area contributed by atoms with Gasteiger partial charge in [0.15, 0.2) is 12.6 Å². The number of nitrogens with one attached hydrogen (secondary N) is 1. The van der Waals surface area contributed by atoms with Crippen LogP contribution in [-0.2, 0) is 4.57 Å². The number of hydrogen-bond donors (Lipinski definition) is 1. The fourth-order valence-corrected chi connectivity index (χ4v) is 6.27. The normalized spacial score (nSPS) is 11.4. The van der Waals surface area contributed by atoms with Gasteiger partial charge < -0.3 is 14.3 Å². The summed E-state index contributed by atoms with van der Waals surface area (Å²) >= 11 is 12.4. The lowest BCUT2D eigenvalue weighted by atomic mass is 10.2. The first kappa shape index (κ1) is 19.8. The van der Waals surface area contributed by atoms with Crippen molar-refractivity contribution < 1.29 is 8.98 Å². The fourth-order valence-electron chi connectivity index (χ4n) is 3.14. The van der Waals surface area contributed by atoms with Crippen LogP contribution in [0, 0.1) is 0 Å². The second-order valence-electron chi connectivity index (χ2n) is 6.33. The van der Waals surface area contributed by atoms with E-state index in [1.54, 1.807) is 25.2 Å². The molecular formula is C22H17Cl2N2O2P. The molecule has 0 bridgehead atoms. The van der Waals surface area contributed by atoms with E-state index in [2.05, 4.69) is 10.3 Å². The van der Waals surface area contributed by atoms with E-state index in [0.717, 1.165) is 0 Å². The van der Waals surface area contributed by atoms with Gasteiger partial charge in [0.05, 0.1) is 10.6 Å². The van der Waals surface area contributed by atoms with Crippen molar-refractivity contribution in [2.45, 2.75) is 0 Å². The van der Waals surface area contributed by atoms with Crippen molar-refractivity contribution in [1.82, 2.24) is 4.98 Å².